The van der Waals surface area contributed by atoms with E-state index in [1.165, 1.54) is 0 Å². The van der Waals surface area contributed by atoms with Crippen LogP contribution in [0.3, 0.4) is 0 Å². The number of thiazole rings is 1. The third kappa shape index (κ3) is 3.09. The van der Waals surface area contributed by atoms with Crippen molar-refractivity contribution >= 4 is 39.1 Å². The molecular weight excluding hydrogens is 370 g/mol. The Labute approximate surface area is 158 Å². The van der Waals surface area contributed by atoms with Crippen LogP contribution in [0.5, 0.6) is 0 Å². The lowest BCUT2D eigenvalue weighted by atomic mass is 10.1. The number of benzene rings is 2. The van der Waals surface area contributed by atoms with Crippen molar-refractivity contribution in [2.45, 2.75) is 13.5 Å². The fraction of sp³-hybridized carbons (Fsp3) is 0.105. The Balaban J connectivity index is 1.59. The molecule has 2 heterocycles. The minimum Gasteiger partial charge on any atom is -0.360 e. The van der Waals surface area contributed by atoms with Crippen LogP contribution in [0.25, 0.3) is 21.5 Å². The first kappa shape index (κ1) is 16.8. The quantitative estimate of drug-likeness (QED) is 0.547. The zero-order valence-corrected chi connectivity index (χ0v) is 15.4. The summed E-state index contributed by atoms with van der Waals surface area (Å²) in [5.41, 5.74) is 2.42. The molecule has 0 saturated carbocycles. The Bertz CT molecular complexity index is 1070. The highest BCUT2D eigenvalue weighted by molar-refractivity contribution is 7.18. The summed E-state index contributed by atoms with van der Waals surface area (Å²) in [5, 5.41) is 8.28. The van der Waals surface area contributed by atoms with Gasteiger partial charge in [0.2, 0.25) is 0 Å². The van der Waals surface area contributed by atoms with Crippen LogP contribution in [0.1, 0.15) is 21.1 Å². The monoisotopic (exact) mass is 383 g/mol. The second-order valence-electron chi connectivity index (χ2n) is 5.70. The summed E-state index contributed by atoms with van der Waals surface area (Å²) in [6.45, 7) is 2.05. The van der Waals surface area contributed by atoms with E-state index < -0.39 is 0 Å². The van der Waals surface area contributed by atoms with Gasteiger partial charge in [-0.3, -0.25) is 4.79 Å². The predicted octanol–water partition coefficient (Wildman–Crippen LogP) is 4.84. The van der Waals surface area contributed by atoms with Gasteiger partial charge in [0, 0.05) is 5.56 Å². The second-order valence-corrected chi connectivity index (χ2v) is 7.22. The summed E-state index contributed by atoms with van der Waals surface area (Å²) < 4.78 is 6.34. The van der Waals surface area contributed by atoms with Crippen LogP contribution in [-0.2, 0) is 6.54 Å². The first-order valence-electron chi connectivity index (χ1n) is 7.97. The molecule has 0 unspecified atom stereocenters. The molecule has 1 N–H and O–H groups in total. The summed E-state index contributed by atoms with van der Waals surface area (Å²) in [6, 6.07) is 15.1. The maximum atomic E-state index is 12.7. The minimum atomic E-state index is -0.266. The van der Waals surface area contributed by atoms with E-state index in [2.05, 4.69) is 15.5 Å². The Hall–Kier alpha value is -2.70. The largest absolute Gasteiger partial charge is 0.360 e. The topological polar surface area (TPSA) is 68.0 Å². The number of hydrogen-bond acceptors (Lipinski definition) is 5. The molecular formula is C19H14ClN3O2S. The summed E-state index contributed by atoms with van der Waals surface area (Å²) in [4.78, 5) is 17.3. The van der Waals surface area contributed by atoms with Gasteiger partial charge in [0.25, 0.3) is 5.91 Å². The number of aryl methyl sites for hydroxylation is 1. The molecule has 130 valence electrons. The SMILES string of the molecule is Cc1onc(-c2ccccc2Cl)c1C(=O)NCc1nc2ccccc2s1. The van der Waals surface area contributed by atoms with Crippen LogP contribution in [0.4, 0.5) is 0 Å². The van der Waals surface area contributed by atoms with Crippen molar-refractivity contribution in [3.63, 3.8) is 0 Å². The molecule has 0 bridgehead atoms. The molecule has 0 atom stereocenters. The van der Waals surface area contributed by atoms with Gasteiger partial charge in [0.15, 0.2) is 0 Å². The van der Waals surface area contributed by atoms with E-state index in [4.69, 9.17) is 16.1 Å². The van der Waals surface area contributed by atoms with E-state index >= 15 is 0 Å². The number of hydrogen-bond donors (Lipinski definition) is 1. The average Bonchev–Trinajstić information content (AvgIpc) is 3.23. The zero-order chi connectivity index (χ0) is 18.1. The van der Waals surface area contributed by atoms with Gasteiger partial charge in [-0.05, 0) is 25.1 Å². The molecule has 0 aliphatic rings. The summed E-state index contributed by atoms with van der Waals surface area (Å²) >= 11 is 7.80. The average molecular weight is 384 g/mol. The lowest BCUT2D eigenvalue weighted by Gasteiger charge is -2.05. The fourth-order valence-corrected chi connectivity index (χ4v) is 3.85. The molecule has 26 heavy (non-hydrogen) atoms. The van der Waals surface area contributed by atoms with Crippen molar-refractivity contribution in [2.24, 2.45) is 0 Å². The van der Waals surface area contributed by atoms with Crippen molar-refractivity contribution in [1.82, 2.24) is 15.5 Å². The highest BCUT2D eigenvalue weighted by atomic mass is 35.5. The molecule has 2 aromatic carbocycles. The standard InChI is InChI=1S/C19H14ClN3O2S/c1-11-17(18(23-25-11)12-6-2-3-7-13(12)20)19(24)21-10-16-22-14-8-4-5-9-15(14)26-16/h2-9H,10H2,1H3,(H,21,24). The van der Waals surface area contributed by atoms with Gasteiger partial charge in [-0.2, -0.15) is 0 Å². The van der Waals surface area contributed by atoms with Crippen LogP contribution in [0.15, 0.2) is 53.1 Å². The Morgan fingerprint density at radius 3 is 2.77 bits per heavy atom. The van der Waals surface area contributed by atoms with Crippen molar-refractivity contribution in [1.29, 1.82) is 0 Å². The van der Waals surface area contributed by atoms with Gasteiger partial charge in [0.1, 0.15) is 22.0 Å². The van der Waals surface area contributed by atoms with Gasteiger partial charge in [-0.25, -0.2) is 4.98 Å². The highest BCUT2D eigenvalue weighted by Crippen LogP contribution is 2.31. The number of nitrogens with zero attached hydrogens (tertiary/aromatic N) is 2. The van der Waals surface area contributed by atoms with Crippen molar-refractivity contribution in [3.05, 3.63) is 69.9 Å². The molecule has 0 spiro atoms. The number of aromatic nitrogens is 2. The maximum absolute atomic E-state index is 12.7. The van der Waals surface area contributed by atoms with Crippen LogP contribution in [0, 0.1) is 6.92 Å². The number of rotatable bonds is 4. The van der Waals surface area contributed by atoms with Gasteiger partial charge in [-0.15, -0.1) is 11.3 Å². The number of carbonyl (C=O) groups excluding carboxylic acids is 1. The van der Waals surface area contributed by atoms with E-state index in [0.717, 1.165) is 15.2 Å². The Morgan fingerprint density at radius 1 is 1.19 bits per heavy atom. The highest BCUT2D eigenvalue weighted by Gasteiger charge is 2.23. The molecule has 0 radical (unpaired) electrons. The summed E-state index contributed by atoms with van der Waals surface area (Å²) in [7, 11) is 0. The molecule has 0 saturated heterocycles. The van der Waals surface area contributed by atoms with Crippen LogP contribution >= 0.6 is 22.9 Å². The number of nitrogens with one attached hydrogen (secondary N) is 1. The third-order valence-corrected chi connectivity index (χ3v) is 5.32. The number of carbonyl (C=O) groups is 1. The van der Waals surface area contributed by atoms with Crippen LogP contribution in [0.2, 0.25) is 5.02 Å². The molecule has 5 nitrogen and oxygen atoms in total. The lowest BCUT2D eigenvalue weighted by Crippen LogP contribution is -2.23. The molecule has 0 aliphatic carbocycles. The van der Waals surface area contributed by atoms with Crippen molar-refractivity contribution in [3.8, 4) is 11.3 Å². The molecule has 2 aromatic heterocycles. The molecule has 7 heteroatoms. The Morgan fingerprint density at radius 2 is 1.96 bits per heavy atom. The van der Waals surface area contributed by atoms with E-state index in [-0.39, 0.29) is 5.91 Å². The van der Waals surface area contributed by atoms with E-state index in [9.17, 15) is 4.79 Å². The molecule has 0 fully saturated rings. The first-order chi connectivity index (χ1) is 12.6. The summed E-state index contributed by atoms with van der Waals surface area (Å²) in [6.07, 6.45) is 0. The van der Waals surface area contributed by atoms with E-state index in [0.29, 0.717) is 34.1 Å². The van der Waals surface area contributed by atoms with E-state index in [1.807, 2.05) is 42.5 Å². The normalized spacial score (nSPS) is 11.0. The molecule has 4 aromatic rings. The fourth-order valence-electron chi connectivity index (χ4n) is 2.72. The predicted molar refractivity (Wildman–Crippen MR) is 102 cm³/mol. The van der Waals surface area contributed by atoms with Crippen LogP contribution in [-0.4, -0.2) is 16.0 Å². The van der Waals surface area contributed by atoms with Gasteiger partial charge in [0.05, 0.1) is 21.8 Å². The van der Waals surface area contributed by atoms with E-state index in [1.54, 1.807) is 24.3 Å². The number of para-hydroxylation sites is 1. The van der Waals surface area contributed by atoms with Gasteiger partial charge < -0.3 is 9.84 Å². The third-order valence-electron chi connectivity index (χ3n) is 3.96. The Kier molecular flexibility index (Phi) is 4.44. The minimum absolute atomic E-state index is 0.266. The summed E-state index contributed by atoms with van der Waals surface area (Å²) in [5.74, 6) is 0.180. The second kappa shape index (κ2) is 6.90. The van der Waals surface area contributed by atoms with Gasteiger partial charge in [-0.1, -0.05) is 47.1 Å². The molecule has 1 amide bonds. The zero-order valence-electron chi connectivity index (χ0n) is 13.8. The first-order valence-corrected chi connectivity index (χ1v) is 9.17. The van der Waals surface area contributed by atoms with Crippen molar-refractivity contribution < 1.29 is 9.32 Å². The number of halogens is 1. The number of amides is 1. The molecule has 0 aliphatic heterocycles. The number of fused-ring (bicyclic) bond motifs is 1. The van der Waals surface area contributed by atoms with Crippen LogP contribution < -0.4 is 5.32 Å². The maximum Gasteiger partial charge on any atom is 0.257 e. The van der Waals surface area contributed by atoms with Gasteiger partial charge >= 0.3 is 0 Å². The molecule has 4 rings (SSSR count). The smallest absolute Gasteiger partial charge is 0.257 e. The lowest BCUT2D eigenvalue weighted by molar-refractivity contribution is 0.0950. The van der Waals surface area contributed by atoms with Crippen molar-refractivity contribution in [2.75, 3.05) is 0 Å².